The van der Waals surface area contributed by atoms with Gasteiger partial charge in [-0.25, -0.2) is 9.97 Å². The third-order valence-electron chi connectivity index (χ3n) is 5.31. The van der Waals surface area contributed by atoms with Crippen molar-refractivity contribution in [1.29, 1.82) is 0 Å². The van der Waals surface area contributed by atoms with Crippen LogP contribution in [-0.2, 0) is 13.0 Å². The molecule has 0 spiro atoms. The van der Waals surface area contributed by atoms with Crippen molar-refractivity contribution in [2.75, 3.05) is 16.8 Å². The number of benzene rings is 2. The van der Waals surface area contributed by atoms with Crippen molar-refractivity contribution >= 4 is 33.9 Å². The van der Waals surface area contributed by atoms with Crippen LogP contribution in [0.2, 0.25) is 0 Å². The molecule has 148 valence electrons. The minimum Gasteiger partial charge on any atom is -0.346 e. The van der Waals surface area contributed by atoms with E-state index in [1.54, 1.807) is 6.20 Å². The molecule has 0 atom stereocenters. The third-order valence-corrected chi connectivity index (χ3v) is 5.31. The lowest BCUT2D eigenvalue weighted by Gasteiger charge is -2.29. The van der Waals surface area contributed by atoms with Gasteiger partial charge in [-0.05, 0) is 41.8 Å². The van der Waals surface area contributed by atoms with E-state index in [-0.39, 0.29) is 11.5 Å². The van der Waals surface area contributed by atoms with Crippen LogP contribution in [0.25, 0.3) is 10.9 Å². The number of rotatable bonds is 4. The summed E-state index contributed by atoms with van der Waals surface area (Å²) in [4.78, 5) is 26.4. The monoisotopic (exact) mass is 398 g/mol. The highest BCUT2D eigenvalue weighted by Crippen LogP contribution is 2.36. The highest BCUT2D eigenvalue weighted by atomic mass is 16.6. The molecule has 8 nitrogen and oxygen atoms in total. The normalized spacial score (nSPS) is 13.1. The zero-order valence-electron chi connectivity index (χ0n) is 16.0. The Labute approximate surface area is 172 Å². The second-order valence-corrected chi connectivity index (χ2v) is 7.09. The Balaban J connectivity index is 1.55. The van der Waals surface area contributed by atoms with Gasteiger partial charge in [-0.15, -0.1) is 0 Å². The molecule has 1 aliphatic rings. The summed E-state index contributed by atoms with van der Waals surface area (Å²) in [5.74, 6) is 0.491. The number of aromatic nitrogens is 3. The van der Waals surface area contributed by atoms with E-state index in [2.05, 4.69) is 32.4 Å². The van der Waals surface area contributed by atoms with Gasteiger partial charge in [0.25, 0.3) is 0 Å². The Kier molecular flexibility index (Phi) is 4.44. The van der Waals surface area contributed by atoms with E-state index >= 15 is 0 Å². The Morgan fingerprint density at radius 3 is 2.70 bits per heavy atom. The fourth-order valence-electron chi connectivity index (χ4n) is 3.88. The van der Waals surface area contributed by atoms with Gasteiger partial charge in [0.1, 0.15) is 6.33 Å². The van der Waals surface area contributed by atoms with Gasteiger partial charge in [0.15, 0.2) is 0 Å². The molecule has 0 radical (unpaired) electrons. The summed E-state index contributed by atoms with van der Waals surface area (Å²) in [6, 6.07) is 17.5. The van der Waals surface area contributed by atoms with Gasteiger partial charge in [0.05, 0.1) is 10.4 Å². The first-order chi connectivity index (χ1) is 14.7. The minimum absolute atomic E-state index is 0.127. The maximum absolute atomic E-state index is 12.0. The molecule has 2 aromatic carbocycles. The molecule has 1 aliphatic heterocycles. The topological polar surface area (TPSA) is 97.1 Å². The predicted octanol–water partition coefficient (Wildman–Crippen LogP) is 4.24. The van der Waals surface area contributed by atoms with Crippen molar-refractivity contribution in [3.63, 3.8) is 0 Å². The molecule has 1 N–H and O–H groups in total. The molecule has 3 heterocycles. The van der Waals surface area contributed by atoms with Crippen LogP contribution in [0.15, 0.2) is 67.1 Å². The van der Waals surface area contributed by atoms with Gasteiger partial charge in [-0.1, -0.05) is 30.3 Å². The molecule has 5 rings (SSSR count). The van der Waals surface area contributed by atoms with Crippen LogP contribution >= 0.6 is 0 Å². The summed E-state index contributed by atoms with van der Waals surface area (Å²) in [6.07, 6.45) is 3.90. The predicted molar refractivity (Wildman–Crippen MR) is 115 cm³/mol. The Bertz CT molecular complexity index is 1250. The molecule has 0 saturated carbocycles. The Morgan fingerprint density at radius 1 is 0.967 bits per heavy atom. The van der Waals surface area contributed by atoms with Crippen LogP contribution in [0.5, 0.6) is 0 Å². The van der Waals surface area contributed by atoms with Gasteiger partial charge in [-0.3, -0.25) is 15.1 Å². The smallest absolute Gasteiger partial charge is 0.346 e. The number of hydrogen-bond acceptors (Lipinski definition) is 7. The Hall–Kier alpha value is -4.07. The van der Waals surface area contributed by atoms with Crippen LogP contribution < -0.4 is 10.2 Å². The number of anilines is 3. The number of nitrogens with one attached hydrogen (secondary N) is 1. The quantitative estimate of drug-likeness (QED) is 0.406. The molecule has 0 amide bonds. The lowest BCUT2D eigenvalue weighted by atomic mass is 10.00. The molecule has 2 aromatic heterocycles. The van der Waals surface area contributed by atoms with Gasteiger partial charge in [0.2, 0.25) is 11.6 Å². The summed E-state index contributed by atoms with van der Waals surface area (Å²) >= 11 is 0. The number of nitro groups is 1. The largest absolute Gasteiger partial charge is 0.353 e. The van der Waals surface area contributed by atoms with Crippen molar-refractivity contribution in [2.45, 2.75) is 13.0 Å². The van der Waals surface area contributed by atoms with E-state index in [0.717, 1.165) is 22.9 Å². The first-order valence-electron chi connectivity index (χ1n) is 9.62. The van der Waals surface area contributed by atoms with Crippen molar-refractivity contribution in [2.24, 2.45) is 0 Å². The summed E-state index contributed by atoms with van der Waals surface area (Å²) < 4.78 is 0. The Morgan fingerprint density at radius 2 is 1.83 bits per heavy atom. The van der Waals surface area contributed by atoms with Gasteiger partial charge >= 0.3 is 5.69 Å². The number of nitrogens with zero attached hydrogens (tertiary/aromatic N) is 5. The molecular formula is C22H18N6O2. The third kappa shape index (κ3) is 3.18. The highest BCUT2D eigenvalue weighted by molar-refractivity contribution is 5.93. The summed E-state index contributed by atoms with van der Waals surface area (Å²) in [5.41, 5.74) is 3.81. The molecule has 0 aliphatic carbocycles. The number of hydrogen-bond donors (Lipinski definition) is 1. The van der Waals surface area contributed by atoms with E-state index in [1.165, 1.54) is 11.9 Å². The molecule has 0 unspecified atom stereocenters. The van der Waals surface area contributed by atoms with E-state index in [1.807, 2.05) is 47.4 Å². The van der Waals surface area contributed by atoms with Gasteiger partial charge < -0.3 is 10.2 Å². The summed E-state index contributed by atoms with van der Waals surface area (Å²) in [6.45, 7) is 1.23. The average Bonchev–Trinajstić information content (AvgIpc) is 2.79. The maximum atomic E-state index is 12.0. The molecule has 30 heavy (non-hydrogen) atoms. The van der Waals surface area contributed by atoms with Gasteiger partial charge in [-0.2, -0.15) is 0 Å². The molecule has 0 bridgehead atoms. The standard InChI is InChI=1S/C22H18N6O2/c29-28(30)20-21(26-19-9-3-8-18-17(19)7-4-11-23-18)24-14-25-22(20)27-12-10-15-5-1-2-6-16(15)13-27/h1-9,11,14H,10,12-13H2,(H,24,25,26). The maximum Gasteiger partial charge on any atom is 0.353 e. The molecule has 8 heteroatoms. The highest BCUT2D eigenvalue weighted by Gasteiger charge is 2.29. The zero-order valence-corrected chi connectivity index (χ0v) is 16.0. The molecule has 0 saturated heterocycles. The van der Waals surface area contributed by atoms with Crippen LogP contribution in [0.3, 0.4) is 0 Å². The van der Waals surface area contributed by atoms with Crippen LogP contribution in [0.4, 0.5) is 23.0 Å². The minimum atomic E-state index is -0.415. The van der Waals surface area contributed by atoms with E-state index in [0.29, 0.717) is 24.6 Å². The van der Waals surface area contributed by atoms with Crippen molar-refractivity contribution < 1.29 is 4.92 Å². The molecule has 4 aromatic rings. The lowest BCUT2D eigenvalue weighted by Crippen LogP contribution is -2.31. The lowest BCUT2D eigenvalue weighted by molar-refractivity contribution is -0.383. The van der Waals surface area contributed by atoms with Gasteiger partial charge in [0, 0.05) is 30.4 Å². The van der Waals surface area contributed by atoms with Crippen LogP contribution in [0.1, 0.15) is 11.1 Å². The van der Waals surface area contributed by atoms with Crippen molar-refractivity contribution in [1.82, 2.24) is 15.0 Å². The zero-order chi connectivity index (χ0) is 20.5. The summed E-state index contributed by atoms with van der Waals surface area (Å²) in [5, 5.41) is 16.0. The van der Waals surface area contributed by atoms with Crippen LogP contribution in [-0.4, -0.2) is 26.4 Å². The molecular weight excluding hydrogens is 380 g/mol. The second kappa shape index (κ2) is 7.40. The van der Waals surface area contributed by atoms with E-state index in [9.17, 15) is 10.1 Å². The summed E-state index contributed by atoms with van der Waals surface area (Å²) in [7, 11) is 0. The van der Waals surface area contributed by atoms with E-state index in [4.69, 9.17) is 0 Å². The van der Waals surface area contributed by atoms with Crippen LogP contribution in [0, 0.1) is 10.1 Å². The van der Waals surface area contributed by atoms with Crippen molar-refractivity contribution in [3.8, 4) is 0 Å². The first kappa shape index (κ1) is 18.0. The number of fused-ring (bicyclic) bond motifs is 2. The number of pyridine rings is 1. The molecule has 0 fully saturated rings. The second-order valence-electron chi connectivity index (χ2n) is 7.09. The fourth-order valence-corrected chi connectivity index (χ4v) is 3.88. The first-order valence-corrected chi connectivity index (χ1v) is 9.62. The fraction of sp³-hybridized carbons (Fsp3) is 0.136. The van der Waals surface area contributed by atoms with Crippen molar-refractivity contribution in [3.05, 3.63) is 88.4 Å². The van der Waals surface area contributed by atoms with E-state index < -0.39 is 4.92 Å². The average molecular weight is 398 g/mol. The SMILES string of the molecule is O=[N+]([O-])c1c(Nc2cccc3ncccc23)ncnc1N1CCc2ccccc2C1.